The van der Waals surface area contributed by atoms with Crippen LogP contribution in [0.25, 0.3) is 0 Å². The third kappa shape index (κ3) is 2.95. The van der Waals surface area contributed by atoms with Crippen molar-refractivity contribution >= 4 is 23.3 Å². The molecule has 1 aliphatic heterocycles. The summed E-state index contributed by atoms with van der Waals surface area (Å²) >= 11 is 5.10. The highest BCUT2D eigenvalue weighted by Gasteiger charge is 2.31. The predicted octanol–water partition coefficient (Wildman–Crippen LogP) is 1.06. The number of thiocarbonyl (C=S) groups is 1. The number of carbonyl (C=O) groups is 1. The highest BCUT2D eigenvalue weighted by Crippen LogP contribution is 2.21. The second-order valence-corrected chi connectivity index (χ2v) is 4.27. The van der Waals surface area contributed by atoms with E-state index in [4.69, 9.17) is 22.8 Å². The zero-order valence-corrected chi connectivity index (χ0v) is 11.3. The van der Waals surface area contributed by atoms with Gasteiger partial charge < -0.3 is 10.1 Å². The van der Waals surface area contributed by atoms with E-state index in [-0.39, 0.29) is 12.0 Å². The standard InChI is InChI=1S/C11H19N3O2S/c1-4-6-8-9(10(15)16-5-2)7(3)14(12)11(17)13-8/h8H,4-6,12H2,1-3H3,(H,13,17)/t8-/m0/s1. The molecular weight excluding hydrogens is 238 g/mol. The molecule has 0 aliphatic carbocycles. The van der Waals surface area contributed by atoms with Crippen molar-refractivity contribution in [3.05, 3.63) is 11.3 Å². The van der Waals surface area contributed by atoms with Gasteiger partial charge in [-0.15, -0.1) is 0 Å². The van der Waals surface area contributed by atoms with Crippen molar-refractivity contribution < 1.29 is 9.53 Å². The quantitative estimate of drug-likeness (QED) is 0.446. The zero-order valence-electron chi connectivity index (χ0n) is 10.4. The van der Waals surface area contributed by atoms with Crippen LogP contribution >= 0.6 is 12.2 Å². The lowest BCUT2D eigenvalue weighted by Crippen LogP contribution is -2.54. The molecule has 0 aromatic carbocycles. The first-order chi connectivity index (χ1) is 8.02. The molecule has 0 spiro atoms. The summed E-state index contributed by atoms with van der Waals surface area (Å²) in [5.74, 6) is 5.44. The molecule has 1 heterocycles. The van der Waals surface area contributed by atoms with Crippen LogP contribution in [0, 0.1) is 0 Å². The Morgan fingerprint density at radius 2 is 2.24 bits per heavy atom. The number of hydrogen-bond donors (Lipinski definition) is 2. The van der Waals surface area contributed by atoms with E-state index in [1.54, 1.807) is 13.8 Å². The predicted molar refractivity (Wildman–Crippen MR) is 69.8 cm³/mol. The first-order valence-corrected chi connectivity index (χ1v) is 6.16. The van der Waals surface area contributed by atoms with Crippen molar-refractivity contribution in [1.29, 1.82) is 0 Å². The number of nitrogens with zero attached hydrogens (tertiary/aromatic N) is 1. The van der Waals surface area contributed by atoms with E-state index in [0.29, 0.717) is 23.0 Å². The number of nitrogens with two attached hydrogens (primary N) is 1. The Kier molecular flexibility index (Phi) is 4.89. The summed E-state index contributed by atoms with van der Waals surface area (Å²) in [7, 11) is 0. The average molecular weight is 257 g/mol. The Hall–Kier alpha value is -1.14. The number of hydrazine groups is 1. The number of hydrogen-bond acceptors (Lipinski definition) is 4. The van der Waals surface area contributed by atoms with Gasteiger partial charge in [0.2, 0.25) is 0 Å². The first kappa shape index (κ1) is 13.9. The number of allylic oxidation sites excluding steroid dienone is 1. The molecule has 5 nitrogen and oxygen atoms in total. The molecule has 96 valence electrons. The van der Waals surface area contributed by atoms with Gasteiger partial charge >= 0.3 is 5.97 Å². The van der Waals surface area contributed by atoms with Crippen LogP contribution in [0.4, 0.5) is 0 Å². The number of rotatable bonds is 4. The largest absolute Gasteiger partial charge is 0.463 e. The van der Waals surface area contributed by atoms with E-state index in [1.807, 2.05) is 0 Å². The van der Waals surface area contributed by atoms with Gasteiger partial charge in [-0.2, -0.15) is 0 Å². The average Bonchev–Trinajstić information content (AvgIpc) is 2.27. The van der Waals surface area contributed by atoms with Crippen LogP contribution in [0.1, 0.15) is 33.6 Å². The van der Waals surface area contributed by atoms with Gasteiger partial charge in [0.25, 0.3) is 0 Å². The molecule has 1 aliphatic rings. The molecule has 1 atom stereocenters. The molecule has 0 bridgehead atoms. The highest BCUT2D eigenvalue weighted by molar-refractivity contribution is 7.80. The van der Waals surface area contributed by atoms with Crippen LogP contribution in [0.15, 0.2) is 11.3 Å². The Bertz CT molecular complexity index is 355. The minimum absolute atomic E-state index is 0.105. The maximum atomic E-state index is 11.9. The normalized spacial score (nSPS) is 20.4. The van der Waals surface area contributed by atoms with Crippen LogP contribution < -0.4 is 11.2 Å². The lowest BCUT2D eigenvalue weighted by molar-refractivity contribution is -0.139. The number of ether oxygens (including phenoxy) is 1. The number of esters is 1. The molecule has 0 saturated carbocycles. The maximum Gasteiger partial charge on any atom is 0.337 e. The van der Waals surface area contributed by atoms with E-state index in [0.717, 1.165) is 12.8 Å². The first-order valence-electron chi connectivity index (χ1n) is 5.76. The second-order valence-electron chi connectivity index (χ2n) is 3.88. The van der Waals surface area contributed by atoms with Crippen molar-refractivity contribution in [3.63, 3.8) is 0 Å². The smallest absolute Gasteiger partial charge is 0.337 e. The zero-order chi connectivity index (χ0) is 13.0. The molecule has 17 heavy (non-hydrogen) atoms. The van der Waals surface area contributed by atoms with Crippen molar-refractivity contribution in [3.8, 4) is 0 Å². The molecule has 0 aromatic heterocycles. The number of carbonyl (C=O) groups excluding carboxylic acids is 1. The molecule has 1 rings (SSSR count). The van der Waals surface area contributed by atoms with Gasteiger partial charge in [0.15, 0.2) is 5.11 Å². The summed E-state index contributed by atoms with van der Waals surface area (Å²) in [5, 5.41) is 4.81. The fourth-order valence-electron chi connectivity index (χ4n) is 1.83. The lowest BCUT2D eigenvalue weighted by Gasteiger charge is -2.34. The van der Waals surface area contributed by atoms with E-state index < -0.39 is 0 Å². The van der Waals surface area contributed by atoms with Gasteiger partial charge in [-0.05, 0) is 32.5 Å². The SMILES string of the molecule is CCC[C@@H]1NC(=S)N(N)C(C)=C1C(=O)OCC. The van der Waals surface area contributed by atoms with Gasteiger partial charge in [-0.3, -0.25) is 5.01 Å². The molecule has 6 heteroatoms. The summed E-state index contributed by atoms with van der Waals surface area (Å²) in [6, 6.07) is -0.105. The molecule has 3 N–H and O–H groups in total. The van der Waals surface area contributed by atoms with Crippen LogP contribution in [0.2, 0.25) is 0 Å². The molecule has 0 fully saturated rings. The van der Waals surface area contributed by atoms with E-state index in [2.05, 4.69) is 12.2 Å². The molecule has 0 saturated heterocycles. The Labute approximate surface area is 107 Å². The second kappa shape index (κ2) is 5.97. The molecule has 0 amide bonds. The van der Waals surface area contributed by atoms with E-state index in [9.17, 15) is 4.79 Å². The fourth-order valence-corrected chi connectivity index (χ4v) is 2.11. The van der Waals surface area contributed by atoms with Crippen molar-refractivity contribution in [2.75, 3.05) is 6.61 Å². The number of nitrogens with one attached hydrogen (secondary N) is 1. The molecule has 0 radical (unpaired) electrons. The molecular formula is C11H19N3O2S. The lowest BCUT2D eigenvalue weighted by atomic mass is 9.99. The van der Waals surface area contributed by atoms with Gasteiger partial charge in [0.1, 0.15) is 0 Å². The van der Waals surface area contributed by atoms with Crippen molar-refractivity contribution in [1.82, 2.24) is 10.3 Å². The maximum absolute atomic E-state index is 11.9. The third-order valence-electron chi connectivity index (χ3n) is 2.69. The minimum Gasteiger partial charge on any atom is -0.463 e. The minimum atomic E-state index is -0.325. The van der Waals surface area contributed by atoms with Crippen LogP contribution in [-0.4, -0.2) is 28.7 Å². The van der Waals surface area contributed by atoms with Crippen LogP contribution in [0.5, 0.6) is 0 Å². The highest BCUT2D eigenvalue weighted by atomic mass is 32.1. The Morgan fingerprint density at radius 3 is 2.76 bits per heavy atom. The van der Waals surface area contributed by atoms with Crippen molar-refractivity contribution in [2.45, 2.75) is 39.7 Å². The summed E-state index contributed by atoms with van der Waals surface area (Å²) in [5.41, 5.74) is 1.23. The molecule has 0 unspecified atom stereocenters. The summed E-state index contributed by atoms with van der Waals surface area (Å²) < 4.78 is 5.05. The third-order valence-corrected chi connectivity index (χ3v) is 3.00. The van der Waals surface area contributed by atoms with Gasteiger partial charge in [-0.1, -0.05) is 13.3 Å². The Balaban J connectivity index is 3.05. The van der Waals surface area contributed by atoms with Crippen LogP contribution in [0.3, 0.4) is 0 Å². The molecule has 0 aromatic rings. The summed E-state index contributed by atoms with van der Waals surface area (Å²) in [6.07, 6.45) is 1.76. The van der Waals surface area contributed by atoms with E-state index >= 15 is 0 Å². The fraction of sp³-hybridized carbons (Fsp3) is 0.636. The summed E-state index contributed by atoms with van der Waals surface area (Å²) in [4.78, 5) is 11.9. The van der Waals surface area contributed by atoms with Gasteiger partial charge in [0.05, 0.1) is 18.2 Å². The topological polar surface area (TPSA) is 67.6 Å². The van der Waals surface area contributed by atoms with Gasteiger partial charge in [0, 0.05) is 5.70 Å². The summed E-state index contributed by atoms with van der Waals surface area (Å²) in [6.45, 7) is 5.97. The monoisotopic (exact) mass is 257 g/mol. The Morgan fingerprint density at radius 1 is 1.59 bits per heavy atom. The van der Waals surface area contributed by atoms with Crippen molar-refractivity contribution in [2.24, 2.45) is 5.84 Å². The van der Waals surface area contributed by atoms with Crippen LogP contribution in [-0.2, 0) is 9.53 Å². The van der Waals surface area contributed by atoms with Gasteiger partial charge in [-0.25, -0.2) is 10.6 Å². The van der Waals surface area contributed by atoms with E-state index in [1.165, 1.54) is 5.01 Å².